The van der Waals surface area contributed by atoms with Crippen LogP contribution in [-0.2, 0) is 50.6 Å². The topological polar surface area (TPSA) is 284 Å². The van der Waals surface area contributed by atoms with Crippen molar-refractivity contribution in [2.45, 2.75) is 66.3 Å². The van der Waals surface area contributed by atoms with Crippen molar-refractivity contribution in [2.24, 2.45) is 7.05 Å². The van der Waals surface area contributed by atoms with Crippen LogP contribution in [0.25, 0.3) is 0 Å². The molecule has 2 saturated heterocycles. The van der Waals surface area contributed by atoms with E-state index in [1.807, 2.05) is 60.7 Å². The molecule has 0 bridgehead atoms. The average molecular weight is 1150 g/mol. The molecule has 0 saturated carbocycles. The van der Waals surface area contributed by atoms with Crippen LogP contribution in [0.15, 0.2) is 156 Å². The zero-order valence-corrected chi connectivity index (χ0v) is 46.7. The lowest BCUT2D eigenvalue weighted by Gasteiger charge is -2.47. The van der Waals surface area contributed by atoms with Crippen LogP contribution < -0.4 is 26.6 Å². The third-order valence-electron chi connectivity index (χ3n) is 13.3. The van der Waals surface area contributed by atoms with Crippen molar-refractivity contribution in [1.29, 1.82) is 0 Å². The summed E-state index contributed by atoms with van der Waals surface area (Å²) in [6.45, 7) is 3.68. The number of methoxy groups -OCH3 is 1. The number of carbonyl (C=O) groups excluding carboxylic acids is 8. The van der Waals surface area contributed by atoms with Crippen LogP contribution >= 0.6 is 23.5 Å². The van der Waals surface area contributed by atoms with Crippen LogP contribution in [0.5, 0.6) is 0 Å². The van der Waals surface area contributed by atoms with Crippen molar-refractivity contribution in [3.05, 3.63) is 179 Å². The van der Waals surface area contributed by atoms with E-state index in [1.165, 1.54) is 40.2 Å². The van der Waals surface area contributed by atoms with E-state index in [2.05, 4.69) is 42.1 Å². The van der Waals surface area contributed by atoms with Crippen LogP contribution in [0.2, 0.25) is 0 Å². The number of amides is 8. The Labute approximate surface area is 479 Å². The van der Waals surface area contributed by atoms with Gasteiger partial charge >= 0.3 is 36.2 Å². The molecule has 0 radical (unpaired) electrons. The number of carbonyl (C=O) groups is 8. The summed E-state index contributed by atoms with van der Waals surface area (Å²) >= 11 is 2.41. The van der Waals surface area contributed by atoms with E-state index in [4.69, 9.17) is 18.9 Å². The van der Waals surface area contributed by atoms with E-state index < -0.39 is 89.2 Å². The summed E-state index contributed by atoms with van der Waals surface area (Å²) in [4.78, 5) is 112. The van der Waals surface area contributed by atoms with Crippen molar-refractivity contribution >= 4 is 82.9 Å². The van der Waals surface area contributed by atoms with E-state index >= 15 is 0 Å². The molecule has 5 aromatic carbocycles. The summed E-state index contributed by atoms with van der Waals surface area (Å²) in [5.74, 6) is -2.55. The Bertz CT molecular complexity index is 3380. The smallest absolute Gasteiger partial charge is 0.412 e. The number of hydrogen-bond donors (Lipinski definition) is 5. The number of nitrogens with one attached hydrogen (secondary N) is 5. The highest BCUT2D eigenvalue weighted by Gasteiger charge is 2.50. The number of urea groups is 2. The molecule has 3 aliphatic rings. The first kappa shape index (κ1) is 57.5. The second-order valence-electron chi connectivity index (χ2n) is 19.9. The maximum Gasteiger partial charge on any atom is 0.412 e. The minimum absolute atomic E-state index is 0.0337. The summed E-state index contributed by atoms with van der Waals surface area (Å²) in [5, 5.41) is 24.2. The van der Waals surface area contributed by atoms with E-state index in [0.29, 0.717) is 33.0 Å². The number of nitrogens with zero attached hydrogens (tertiary/aromatic N) is 6. The molecular weight excluding hydrogens is 1090 g/mol. The number of aromatic nitrogens is 4. The normalized spacial score (nSPS) is 17.3. The Hall–Kier alpha value is -9.23. The number of imide groups is 1. The highest BCUT2D eigenvalue weighted by atomic mass is 32.2. The number of anilines is 2. The fourth-order valence-corrected chi connectivity index (χ4v) is 11.9. The highest BCUT2D eigenvalue weighted by molar-refractivity contribution is 8.01. The Morgan fingerprint density at radius 1 is 0.805 bits per heavy atom. The molecule has 5 N–H and O–H groups in total. The molecule has 4 heterocycles. The number of benzene rings is 5. The lowest BCUT2D eigenvalue weighted by molar-refractivity contribution is -0.152. The standard InChI is InChI=1S/C57H57N11O12S2/c1-56(2,3)80-55(76)61-41-28-18-16-26-39(41)57(50(72)77-5,36-23-13-8-14-24-36)33-78-54(75)60-40-27-17-15-25-37(40)42-31-67(52(74)59-42)51(73)58-30-43(69)62-48-38(32-81-53-63-64-65-66(53)4)46(68-44(70)29-45(68)82-48)49(71)79-47(34-19-9-6-10-20-34)35-21-11-7-12-22-35/h6-28,42,45,47-48H,29-33H2,1-5H3,(H,58,73)(H,59,74)(H,60,75)(H,61,76)(H,62,69)/t42?,45-,48+,57?/m0/s1. The zero-order chi connectivity index (χ0) is 58.1. The molecule has 3 aliphatic heterocycles. The molecule has 0 spiro atoms. The Balaban J connectivity index is 0.882. The fourth-order valence-electron chi connectivity index (χ4n) is 9.46. The van der Waals surface area contributed by atoms with Gasteiger partial charge < -0.3 is 34.9 Å². The summed E-state index contributed by atoms with van der Waals surface area (Å²) in [6.07, 6.45) is -2.55. The largest absolute Gasteiger partial charge is 0.468 e. The molecule has 8 amide bonds. The number of fused-ring (bicyclic) bond motifs is 1. The predicted octanol–water partition coefficient (Wildman–Crippen LogP) is 7.17. The van der Waals surface area contributed by atoms with Gasteiger partial charge in [-0.3, -0.25) is 29.9 Å². The van der Waals surface area contributed by atoms with Crippen molar-refractivity contribution in [3.63, 3.8) is 0 Å². The molecule has 6 aromatic rings. The third kappa shape index (κ3) is 12.8. The van der Waals surface area contributed by atoms with Gasteiger partial charge in [-0.15, -0.1) is 16.9 Å². The number of β-lactam (4-membered cyclic amide) rings is 1. The molecule has 9 rings (SSSR count). The number of tetrazole rings is 1. The summed E-state index contributed by atoms with van der Waals surface area (Å²) < 4.78 is 24.5. The van der Waals surface area contributed by atoms with Gasteiger partial charge in [0.2, 0.25) is 17.0 Å². The zero-order valence-electron chi connectivity index (χ0n) is 45.0. The summed E-state index contributed by atoms with van der Waals surface area (Å²) in [6, 6.07) is 37.2. The van der Waals surface area contributed by atoms with Gasteiger partial charge in [0, 0.05) is 35.3 Å². The van der Waals surface area contributed by atoms with Crippen LogP contribution in [0, 0.1) is 0 Å². The minimum Gasteiger partial charge on any atom is -0.468 e. The minimum atomic E-state index is -1.82. The Morgan fingerprint density at radius 3 is 2.06 bits per heavy atom. The van der Waals surface area contributed by atoms with Gasteiger partial charge in [-0.1, -0.05) is 139 Å². The molecule has 2 unspecified atom stereocenters. The van der Waals surface area contributed by atoms with Crippen LogP contribution in [0.4, 0.5) is 30.6 Å². The number of aryl methyl sites for hydroxylation is 1. The fraction of sp³-hybridized carbons (Fsp3) is 0.281. The van der Waals surface area contributed by atoms with Gasteiger partial charge in [-0.2, -0.15) is 0 Å². The lowest BCUT2D eigenvalue weighted by atomic mass is 9.74. The molecule has 2 fully saturated rings. The third-order valence-corrected chi connectivity index (χ3v) is 15.7. The quantitative estimate of drug-likeness (QED) is 0.0247. The second-order valence-corrected chi connectivity index (χ2v) is 22.1. The van der Waals surface area contributed by atoms with Crippen molar-refractivity contribution < 1.29 is 57.3 Å². The summed E-state index contributed by atoms with van der Waals surface area (Å²) in [5.41, 5.74) is 0.411. The first-order chi connectivity index (χ1) is 39.4. The monoisotopic (exact) mass is 1150 g/mol. The maximum absolute atomic E-state index is 14.6. The molecule has 25 heteroatoms. The van der Waals surface area contributed by atoms with Crippen molar-refractivity contribution in [2.75, 3.05) is 43.2 Å². The number of hydrogen-bond acceptors (Lipinski definition) is 17. The molecule has 1 aromatic heterocycles. The number of esters is 2. The van der Waals surface area contributed by atoms with E-state index in [0.717, 1.165) is 4.90 Å². The number of rotatable bonds is 18. The second kappa shape index (κ2) is 25.1. The van der Waals surface area contributed by atoms with Crippen LogP contribution in [0.1, 0.15) is 67.2 Å². The first-order valence-electron chi connectivity index (χ1n) is 25.7. The SMILES string of the molecule is COC(=O)C(COC(=O)Nc1ccccc1C1CN(C(=O)NCC(=O)N[C@@H]2S[C@H]3CC(=O)N3C(C(=O)OC(c3ccccc3)c3ccccc3)=C2CSc2nnnn2C)C(=O)N1)(c1ccccc1)c1ccccc1NC(=O)OC(C)(C)C. The number of thioether (sulfide) groups is 2. The highest BCUT2D eigenvalue weighted by Crippen LogP contribution is 2.46. The number of ether oxygens (including phenoxy) is 4. The molecule has 0 aliphatic carbocycles. The molecule has 424 valence electrons. The molecule has 4 atom stereocenters. The predicted molar refractivity (Wildman–Crippen MR) is 300 cm³/mol. The summed E-state index contributed by atoms with van der Waals surface area (Å²) in [7, 11) is 2.83. The first-order valence-corrected chi connectivity index (χ1v) is 27.6. The molecular formula is C57H57N11O12S2. The molecule has 23 nitrogen and oxygen atoms in total. The number of para-hydroxylation sites is 2. The van der Waals surface area contributed by atoms with E-state index in [-0.39, 0.29) is 47.3 Å². The lowest BCUT2D eigenvalue weighted by Crippen LogP contribution is -2.58. The Morgan fingerprint density at radius 2 is 1.43 bits per heavy atom. The van der Waals surface area contributed by atoms with Crippen molar-refractivity contribution in [1.82, 2.24) is 46.0 Å². The van der Waals surface area contributed by atoms with Gasteiger partial charge in [0.05, 0.1) is 38.0 Å². The van der Waals surface area contributed by atoms with Gasteiger partial charge in [0.1, 0.15) is 23.3 Å². The Kier molecular flexibility index (Phi) is 17.6. The van der Waals surface area contributed by atoms with Gasteiger partial charge in [0.15, 0.2) is 11.5 Å². The van der Waals surface area contributed by atoms with Crippen LogP contribution in [-0.4, -0.2) is 127 Å². The van der Waals surface area contributed by atoms with Gasteiger partial charge in [-0.25, -0.2) is 33.6 Å². The van der Waals surface area contributed by atoms with Crippen molar-refractivity contribution in [3.8, 4) is 0 Å². The van der Waals surface area contributed by atoms with Gasteiger partial charge in [-0.05, 0) is 65.6 Å². The van der Waals surface area contributed by atoms with E-state index in [9.17, 15) is 38.4 Å². The van der Waals surface area contributed by atoms with Gasteiger partial charge in [0.25, 0.3) is 0 Å². The van der Waals surface area contributed by atoms with E-state index in [1.54, 1.807) is 107 Å². The maximum atomic E-state index is 14.6. The molecule has 82 heavy (non-hydrogen) atoms. The average Bonchev–Trinajstić information content (AvgIpc) is 2.41. The van der Waals surface area contributed by atoms with Crippen LogP contribution in [0.3, 0.4) is 0 Å².